The molecule has 2 saturated carbocycles. The summed E-state index contributed by atoms with van der Waals surface area (Å²) in [5, 5.41) is 0.0510. The van der Waals surface area contributed by atoms with Crippen molar-refractivity contribution < 1.29 is 4.74 Å². The molecule has 0 heterocycles. The van der Waals surface area contributed by atoms with Crippen LogP contribution in [-0.4, -0.2) is 29.4 Å². The third-order valence-corrected chi connectivity index (χ3v) is 3.36. The molecule has 0 N–H and O–H groups in total. The van der Waals surface area contributed by atoms with Gasteiger partial charge in [0.05, 0.1) is 15.7 Å². The highest BCUT2D eigenvalue weighted by Gasteiger charge is 2.67. The fourth-order valence-electron chi connectivity index (χ4n) is 2.51. The minimum atomic E-state index is 0.0510. The first kappa shape index (κ1) is 7.72. The Balaban J connectivity index is 1.85. The van der Waals surface area contributed by atoms with Crippen molar-refractivity contribution in [2.75, 3.05) is 13.7 Å². The lowest BCUT2D eigenvalue weighted by atomic mass is 9.70. The molecule has 0 amide bonds. The van der Waals surface area contributed by atoms with E-state index in [1.807, 2.05) is 0 Å². The summed E-state index contributed by atoms with van der Waals surface area (Å²) >= 11 is 0. The number of ether oxygens (including phenoxy) is 1. The Bertz CT molecular complexity index is 173. The van der Waals surface area contributed by atoms with Crippen LogP contribution in [0, 0.1) is 11.8 Å². The SMILES string of the molecule is [B]C1CC2C1C2([B])CCOC. The molecule has 0 spiro atoms. The quantitative estimate of drug-likeness (QED) is 0.538. The highest BCUT2D eigenvalue weighted by molar-refractivity contribution is 6.22. The van der Waals surface area contributed by atoms with Crippen LogP contribution in [-0.2, 0) is 4.74 Å². The van der Waals surface area contributed by atoms with Crippen LogP contribution in [0.5, 0.6) is 0 Å². The molecule has 2 fully saturated rings. The first-order valence-electron chi connectivity index (χ1n) is 4.23. The second-order valence-electron chi connectivity index (χ2n) is 3.89. The van der Waals surface area contributed by atoms with Gasteiger partial charge in [-0.15, -0.1) is 0 Å². The summed E-state index contributed by atoms with van der Waals surface area (Å²) in [5.41, 5.74) is 0. The third-order valence-electron chi connectivity index (χ3n) is 3.36. The van der Waals surface area contributed by atoms with Crippen molar-refractivity contribution in [3.63, 3.8) is 0 Å². The Labute approximate surface area is 70.7 Å². The van der Waals surface area contributed by atoms with Gasteiger partial charge >= 0.3 is 0 Å². The largest absolute Gasteiger partial charge is 0.385 e. The van der Waals surface area contributed by atoms with Gasteiger partial charge in [-0.2, -0.15) is 0 Å². The van der Waals surface area contributed by atoms with Crippen molar-refractivity contribution >= 4 is 15.7 Å². The van der Waals surface area contributed by atoms with Gasteiger partial charge in [-0.3, -0.25) is 0 Å². The van der Waals surface area contributed by atoms with E-state index in [1.54, 1.807) is 7.11 Å². The third kappa shape index (κ3) is 0.900. The highest BCUT2D eigenvalue weighted by Crippen LogP contribution is 2.80. The van der Waals surface area contributed by atoms with E-state index in [0.29, 0.717) is 17.7 Å². The van der Waals surface area contributed by atoms with E-state index >= 15 is 0 Å². The van der Waals surface area contributed by atoms with E-state index in [2.05, 4.69) is 0 Å². The van der Waals surface area contributed by atoms with Gasteiger partial charge in [-0.05, 0) is 18.3 Å². The van der Waals surface area contributed by atoms with E-state index in [-0.39, 0.29) is 5.31 Å². The van der Waals surface area contributed by atoms with Crippen LogP contribution in [0.3, 0.4) is 0 Å². The van der Waals surface area contributed by atoms with E-state index in [9.17, 15) is 0 Å². The average molecular weight is 146 g/mol. The molecule has 11 heavy (non-hydrogen) atoms. The lowest BCUT2D eigenvalue weighted by molar-refractivity contribution is 0.190. The fourth-order valence-corrected chi connectivity index (χ4v) is 2.51. The second kappa shape index (κ2) is 2.29. The minimum absolute atomic E-state index is 0.0510. The molecule has 4 atom stereocenters. The van der Waals surface area contributed by atoms with Gasteiger partial charge < -0.3 is 4.74 Å². The monoisotopic (exact) mass is 146 g/mol. The molecule has 2 rings (SSSR count). The molecule has 4 radical (unpaired) electrons. The Morgan fingerprint density at radius 3 is 2.73 bits per heavy atom. The van der Waals surface area contributed by atoms with E-state index in [0.717, 1.165) is 19.4 Å². The molecule has 4 unspecified atom stereocenters. The predicted molar refractivity (Wildman–Crippen MR) is 46.0 cm³/mol. The standard InChI is InChI=1S/C8H12B2O/c1-11-3-2-8(10)5-4-6(9)7(5)8/h5-7H,2-4H2,1H3. The maximum absolute atomic E-state index is 6.11. The average Bonchev–Trinajstić information content (AvgIpc) is 2.44. The number of rotatable bonds is 3. The zero-order chi connectivity index (χ0) is 8.06. The van der Waals surface area contributed by atoms with Crippen molar-refractivity contribution in [3.05, 3.63) is 0 Å². The zero-order valence-corrected chi connectivity index (χ0v) is 6.92. The molecule has 0 aromatic rings. The molecule has 0 aromatic carbocycles. The van der Waals surface area contributed by atoms with Crippen molar-refractivity contribution in [1.82, 2.24) is 0 Å². The second-order valence-corrected chi connectivity index (χ2v) is 3.89. The predicted octanol–water partition coefficient (Wildman–Crippen LogP) is 0.957. The Morgan fingerprint density at radius 1 is 1.64 bits per heavy atom. The zero-order valence-electron chi connectivity index (χ0n) is 6.92. The lowest BCUT2D eigenvalue weighted by Crippen LogP contribution is -2.08. The molecule has 2 aliphatic carbocycles. The van der Waals surface area contributed by atoms with Crippen LogP contribution in [0.1, 0.15) is 12.8 Å². The van der Waals surface area contributed by atoms with Crippen LogP contribution in [0.2, 0.25) is 11.1 Å². The van der Waals surface area contributed by atoms with Crippen molar-refractivity contribution in [2.24, 2.45) is 11.8 Å². The molecule has 3 heteroatoms. The Morgan fingerprint density at radius 2 is 2.36 bits per heavy atom. The van der Waals surface area contributed by atoms with Crippen LogP contribution in [0.25, 0.3) is 0 Å². The highest BCUT2D eigenvalue weighted by atomic mass is 16.5. The van der Waals surface area contributed by atoms with E-state index < -0.39 is 0 Å². The number of hydrogen-bond donors (Lipinski definition) is 0. The van der Waals surface area contributed by atoms with Gasteiger partial charge in [0.25, 0.3) is 0 Å². The van der Waals surface area contributed by atoms with Crippen molar-refractivity contribution in [1.29, 1.82) is 0 Å². The van der Waals surface area contributed by atoms with Crippen molar-refractivity contribution in [2.45, 2.75) is 24.0 Å². The van der Waals surface area contributed by atoms with Gasteiger partial charge in [0, 0.05) is 13.7 Å². The van der Waals surface area contributed by atoms with E-state index in [1.165, 1.54) is 0 Å². The molecule has 0 aliphatic heterocycles. The molecular weight excluding hydrogens is 134 g/mol. The smallest absolute Gasteiger partial charge is 0.0755 e. The lowest BCUT2D eigenvalue weighted by Gasteiger charge is -2.19. The van der Waals surface area contributed by atoms with Crippen LogP contribution < -0.4 is 0 Å². The molecule has 1 nitrogen and oxygen atoms in total. The summed E-state index contributed by atoms with van der Waals surface area (Å²) in [6.45, 7) is 0.774. The Kier molecular flexibility index (Phi) is 1.61. The molecule has 56 valence electrons. The summed E-state index contributed by atoms with van der Waals surface area (Å²) in [6.07, 6.45) is 2.11. The fraction of sp³-hybridized carbons (Fsp3) is 1.00. The first-order valence-corrected chi connectivity index (χ1v) is 4.23. The summed E-state index contributed by atoms with van der Waals surface area (Å²) < 4.78 is 5.00. The van der Waals surface area contributed by atoms with Gasteiger partial charge in [0.15, 0.2) is 0 Å². The topological polar surface area (TPSA) is 9.23 Å². The molecule has 0 aromatic heterocycles. The number of methoxy groups -OCH3 is 1. The summed E-state index contributed by atoms with van der Waals surface area (Å²) in [4.78, 5) is 0. The van der Waals surface area contributed by atoms with E-state index in [4.69, 9.17) is 20.4 Å². The van der Waals surface area contributed by atoms with Crippen LogP contribution in [0.4, 0.5) is 0 Å². The normalized spacial score (nSPS) is 53.0. The minimum Gasteiger partial charge on any atom is -0.385 e. The van der Waals surface area contributed by atoms with Gasteiger partial charge in [0.2, 0.25) is 0 Å². The van der Waals surface area contributed by atoms with Crippen LogP contribution in [0.15, 0.2) is 0 Å². The molecule has 2 aliphatic rings. The number of hydrogen-bond acceptors (Lipinski definition) is 1. The van der Waals surface area contributed by atoms with Gasteiger partial charge in [-0.1, -0.05) is 17.6 Å². The van der Waals surface area contributed by atoms with Gasteiger partial charge in [0.1, 0.15) is 0 Å². The van der Waals surface area contributed by atoms with Crippen LogP contribution >= 0.6 is 0 Å². The summed E-state index contributed by atoms with van der Waals surface area (Å²) in [7, 11) is 13.6. The first-order chi connectivity index (χ1) is 5.20. The van der Waals surface area contributed by atoms with Gasteiger partial charge in [-0.25, -0.2) is 0 Å². The molecule has 0 saturated heterocycles. The molecular formula is C8H12B2O. The summed E-state index contributed by atoms with van der Waals surface area (Å²) in [6, 6.07) is 0. The summed E-state index contributed by atoms with van der Waals surface area (Å²) in [5.74, 6) is 1.70. The Hall–Kier alpha value is 0.0899. The van der Waals surface area contributed by atoms with Crippen molar-refractivity contribution in [3.8, 4) is 0 Å². The maximum atomic E-state index is 6.11. The maximum Gasteiger partial charge on any atom is 0.0755 e. The number of fused-ring (bicyclic) bond motifs is 1. The molecule has 0 bridgehead atoms.